The van der Waals surface area contributed by atoms with Crippen molar-refractivity contribution in [2.45, 2.75) is 0 Å². The van der Waals surface area contributed by atoms with Gasteiger partial charge in [0.1, 0.15) is 0 Å². The van der Waals surface area contributed by atoms with Crippen LogP contribution in [0, 0.1) is 0 Å². The van der Waals surface area contributed by atoms with Gasteiger partial charge in [-0.3, -0.25) is 0 Å². The van der Waals surface area contributed by atoms with Crippen LogP contribution < -0.4 is 0 Å². The molecule has 0 unspecified atom stereocenters. The molecular weight excluding hydrogens is 625 g/mol. The van der Waals surface area contributed by atoms with Gasteiger partial charge in [-0.05, 0) is 122 Å². The van der Waals surface area contributed by atoms with Crippen molar-refractivity contribution in [1.29, 1.82) is 0 Å². The zero-order valence-corrected chi connectivity index (χ0v) is 28.5. The summed E-state index contributed by atoms with van der Waals surface area (Å²) >= 11 is 0. The summed E-state index contributed by atoms with van der Waals surface area (Å²) in [6.07, 6.45) is 0. The highest BCUT2D eigenvalue weighted by Crippen LogP contribution is 2.52. The molecule has 10 aromatic rings. The van der Waals surface area contributed by atoms with Crippen molar-refractivity contribution < 1.29 is 0 Å². The van der Waals surface area contributed by atoms with Crippen LogP contribution in [0.25, 0.3) is 110 Å². The number of benzene rings is 10. The van der Waals surface area contributed by atoms with Crippen molar-refractivity contribution >= 4 is 43.1 Å². The van der Waals surface area contributed by atoms with Gasteiger partial charge in [-0.15, -0.1) is 0 Å². The SMILES string of the molecule is c1ccc(-c2ccc3c(-c4ccc5c6c(cccc46)-c4ccccc4-5)c4cc(-c5ccccc5)ccc4c(-c4cccc5ccccc45)c3c2)cc1. The molecule has 0 aliphatic heterocycles. The molecule has 0 saturated heterocycles. The fourth-order valence-corrected chi connectivity index (χ4v) is 8.90. The van der Waals surface area contributed by atoms with Gasteiger partial charge in [0.2, 0.25) is 0 Å². The van der Waals surface area contributed by atoms with E-state index in [1.54, 1.807) is 0 Å². The Kier molecular flexibility index (Phi) is 6.35. The zero-order valence-electron chi connectivity index (χ0n) is 28.5. The van der Waals surface area contributed by atoms with E-state index in [-0.39, 0.29) is 0 Å². The van der Waals surface area contributed by atoms with Crippen LogP contribution in [0.15, 0.2) is 194 Å². The third-order valence-corrected chi connectivity index (χ3v) is 11.2. The van der Waals surface area contributed by atoms with Crippen LogP contribution >= 0.6 is 0 Å². The lowest BCUT2D eigenvalue weighted by atomic mass is 9.81. The summed E-state index contributed by atoms with van der Waals surface area (Å²) in [4.78, 5) is 0. The summed E-state index contributed by atoms with van der Waals surface area (Å²) in [5, 5.41) is 10.2. The molecule has 0 fully saturated rings. The largest absolute Gasteiger partial charge is 0.0622 e. The number of rotatable bonds is 4. The highest BCUT2D eigenvalue weighted by Gasteiger charge is 2.25. The second-order valence-electron chi connectivity index (χ2n) is 14.0. The fourth-order valence-electron chi connectivity index (χ4n) is 8.90. The van der Waals surface area contributed by atoms with Gasteiger partial charge in [-0.2, -0.15) is 0 Å². The third-order valence-electron chi connectivity index (χ3n) is 11.2. The molecule has 0 radical (unpaired) electrons. The normalized spacial score (nSPS) is 11.8. The van der Waals surface area contributed by atoms with Crippen molar-refractivity contribution in [3.63, 3.8) is 0 Å². The van der Waals surface area contributed by atoms with E-state index in [0.29, 0.717) is 0 Å². The van der Waals surface area contributed by atoms with Crippen LogP contribution in [-0.2, 0) is 0 Å². The predicted octanol–water partition coefficient (Wildman–Crippen LogP) is 14.6. The van der Waals surface area contributed by atoms with Gasteiger partial charge in [0.05, 0.1) is 0 Å². The Labute approximate surface area is 302 Å². The Bertz CT molecular complexity index is 3010. The maximum absolute atomic E-state index is 2.44. The highest BCUT2D eigenvalue weighted by atomic mass is 14.3. The van der Waals surface area contributed by atoms with Crippen LogP contribution in [0.2, 0.25) is 0 Å². The lowest BCUT2D eigenvalue weighted by Crippen LogP contribution is -1.94. The average molecular weight is 657 g/mol. The molecule has 52 heavy (non-hydrogen) atoms. The molecule has 1 aliphatic carbocycles. The molecule has 0 atom stereocenters. The number of hydrogen-bond acceptors (Lipinski definition) is 0. The van der Waals surface area contributed by atoms with Crippen molar-refractivity contribution in [2.75, 3.05) is 0 Å². The zero-order chi connectivity index (χ0) is 34.2. The highest BCUT2D eigenvalue weighted by molar-refractivity contribution is 6.28. The second kappa shape index (κ2) is 11.4. The summed E-state index contributed by atoms with van der Waals surface area (Å²) in [6, 6.07) is 71.9. The van der Waals surface area contributed by atoms with Crippen molar-refractivity contribution in [2.24, 2.45) is 0 Å². The molecule has 0 nitrogen and oxygen atoms in total. The smallest absolute Gasteiger partial charge is 0.00199 e. The minimum absolute atomic E-state index is 1.22. The molecular formula is C52H32. The fraction of sp³-hybridized carbons (Fsp3) is 0. The van der Waals surface area contributed by atoms with E-state index in [0.717, 1.165) is 0 Å². The van der Waals surface area contributed by atoms with E-state index >= 15 is 0 Å². The van der Waals surface area contributed by atoms with Crippen molar-refractivity contribution in [3.8, 4) is 66.8 Å². The van der Waals surface area contributed by atoms with Gasteiger partial charge in [0.15, 0.2) is 0 Å². The first kappa shape index (κ1) is 29.0. The summed E-state index contributed by atoms with van der Waals surface area (Å²) in [7, 11) is 0. The van der Waals surface area contributed by atoms with Crippen LogP contribution in [0.4, 0.5) is 0 Å². The minimum Gasteiger partial charge on any atom is -0.0622 e. The summed E-state index contributed by atoms with van der Waals surface area (Å²) in [6.45, 7) is 0. The van der Waals surface area contributed by atoms with E-state index < -0.39 is 0 Å². The standard InChI is InChI=1S/C52H32/c1-3-13-33(14-4-1)36-26-28-47-48(31-36)51(41-22-11-18-35-17-7-8-19-38(35)41)46-27-25-37(34-15-5-2-6-16-34)32-49(46)52(47)45-30-29-44-40-21-10-9-20-39(40)42-23-12-24-43(45)50(42)44/h1-32H. The first-order chi connectivity index (χ1) is 25.8. The molecule has 0 aromatic heterocycles. The molecule has 0 amide bonds. The first-order valence-electron chi connectivity index (χ1n) is 18.1. The van der Waals surface area contributed by atoms with Gasteiger partial charge in [0, 0.05) is 0 Å². The van der Waals surface area contributed by atoms with E-state index in [1.165, 1.54) is 110 Å². The molecule has 0 heteroatoms. The molecule has 0 spiro atoms. The van der Waals surface area contributed by atoms with Gasteiger partial charge < -0.3 is 0 Å². The molecule has 10 aromatic carbocycles. The van der Waals surface area contributed by atoms with Crippen LogP contribution in [0.3, 0.4) is 0 Å². The van der Waals surface area contributed by atoms with Gasteiger partial charge >= 0.3 is 0 Å². The summed E-state index contributed by atoms with van der Waals surface area (Å²) in [5.74, 6) is 0. The molecule has 240 valence electrons. The average Bonchev–Trinajstić information content (AvgIpc) is 3.55. The molecule has 11 rings (SSSR count). The number of hydrogen-bond donors (Lipinski definition) is 0. The van der Waals surface area contributed by atoms with E-state index in [4.69, 9.17) is 0 Å². The summed E-state index contributed by atoms with van der Waals surface area (Å²) in [5.41, 5.74) is 15.2. The molecule has 0 heterocycles. The maximum Gasteiger partial charge on any atom is -0.00199 e. The Morgan fingerprint density at radius 2 is 0.654 bits per heavy atom. The van der Waals surface area contributed by atoms with Gasteiger partial charge in [-0.1, -0.05) is 182 Å². The van der Waals surface area contributed by atoms with E-state index in [9.17, 15) is 0 Å². The third kappa shape index (κ3) is 4.28. The van der Waals surface area contributed by atoms with Crippen LogP contribution in [0.5, 0.6) is 0 Å². The van der Waals surface area contributed by atoms with Crippen LogP contribution in [0.1, 0.15) is 0 Å². The van der Waals surface area contributed by atoms with Crippen LogP contribution in [-0.4, -0.2) is 0 Å². The lowest BCUT2D eigenvalue weighted by Gasteiger charge is -2.21. The lowest BCUT2D eigenvalue weighted by molar-refractivity contribution is 1.63. The maximum atomic E-state index is 2.44. The minimum atomic E-state index is 1.22. The Hall–Kier alpha value is -6.76. The predicted molar refractivity (Wildman–Crippen MR) is 223 cm³/mol. The van der Waals surface area contributed by atoms with Crippen molar-refractivity contribution in [3.05, 3.63) is 194 Å². The topological polar surface area (TPSA) is 0 Å². The second-order valence-corrected chi connectivity index (χ2v) is 14.0. The number of fused-ring (bicyclic) bond motifs is 6. The first-order valence-corrected chi connectivity index (χ1v) is 18.1. The Morgan fingerprint density at radius 1 is 0.212 bits per heavy atom. The molecule has 1 aliphatic rings. The van der Waals surface area contributed by atoms with E-state index in [1.807, 2.05) is 0 Å². The quantitative estimate of drug-likeness (QED) is 0.165. The molecule has 0 N–H and O–H groups in total. The molecule has 0 saturated carbocycles. The summed E-state index contributed by atoms with van der Waals surface area (Å²) < 4.78 is 0. The van der Waals surface area contributed by atoms with Gasteiger partial charge in [0.25, 0.3) is 0 Å². The molecule has 0 bridgehead atoms. The Balaban J connectivity index is 1.33. The monoisotopic (exact) mass is 656 g/mol. The van der Waals surface area contributed by atoms with Gasteiger partial charge in [-0.25, -0.2) is 0 Å². The van der Waals surface area contributed by atoms with E-state index in [2.05, 4.69) is 194 Å². The Morgan fingerprint density at radius 3 is 1.31 bits per heavy atom. The van der Waals surface area contributed by atoms with Crippen molar-refractivity contribution in [1.82, 2.24) is 0 Å².